The molecule has 4 rings (SSSR count). The molecule has 1 aliphatic rings. The van der Waals surface area contributed by atoms with Crippen molar-refractivity contribution < 1.29 is 9.50 Å². The largest absolute Gasteiger partial charge is 0.387 e. The van der Waals surface area contributed by atoms with Gasteiger partial charge in [-0.25, -0.2) is 4.39 Å². The fraction of sp³-hybridized carbons (Fsp3) is 0.364. The van der Waals surface area contributed by atoms with Crippen molar-refractivity contribution in [2.45, 2.75) is 20.0 Å². The maximum absolute atomic E-state index is 13.6. The first-order valence-corrected chi connectivity index (χ1v) is 9.50. The highest BCUT2D eigenvalue weighted by molar-refractivity contribution is 5.83. The first kappa shape index (κ1) is 18.0. The normalized spacial score (nSPS) is 16.8. The van der Waals surface area contributed by atoms with Gasteiger partial charge in [0.1, 0.15) is 5.82 Å². The van der Waals surface area contributed by atoms with Crippen LogP contribution in [0.4, 0.5) is 10.1 Å². The fourth-order valence-electron chi connectivity index (χ4n) is 4.06. The lowest BCUT2D eigenvalue weighted by Gasteiger charge is -2.37. The summed E-state index contributed by atoms with van der Waals surface area (Å²) in [7, 11) is 0. The monoisotopic (exact) mass is 367 g/mol. The molecule has 142 valence electrons. The minimum atomic E-state index is -0.631. The van der Waals surface area contributed by atoms with Gasteiger partial charge in [0, 0.05) is 61.1 Å². The van der Waals surface area contributed by atoms with Gasteiger partial charge in [-0.3, -0.25) is 4.90 Å². The molecule has 0 aliphatic carbocycles. The topological polar surface area (TPSA) is 42.5 Å². The van der Waals surface area contributed by atoms with Gasteiger partial charge in [0.2, 0.25) is 0 Å². The van der Waals surface area contributed by atoms with Crippen LogP contribution in [-0.2, 0) is 0 Å². The van der Waals surface area contributed by atoms with E-state index in [9.17, 15) is 9.50 Å². The van der Waals surface area contributed by atoms with E-state index in [4.69, 9.17) is 0 Å². The van der Waals surface area contributed by atoms with Gasteiger partial charge in [0.25, 0.3) is 0 Å². The number of benzene rings is 2. The number of nitrogens with one attached hydrogen (secondary N) is 1. The maximum Gasteiger partial charge on any atom is 0.123 e. The number of fused-ring (bicyclic) bond motifs is 1. The van der Waals surface area contributed by atoms with Crippen molar-refractivity contribution in [3.05, 3.63) is 65.1 Å². The summed E-state index contributed by atoms with van der Waals surface area (Å²) < 4.78 is 13.6. The molecule has 1 aromatic heterocycles. The van der Waals surface area contributed by atoms with E-state index in [1.54, 1.807) is 12.3 Å². The van der Waals surface area contributed by atoms with Crippen molar-refractivity contribution in [3.63, 3.8) is 0 Å². The molecule has 4 nitrogen and oxygen atoms in total. The van der Waals surface area contributed by atoms with Crippen LogP contribution >= 0.6 is 0 Å². The molecule has 0 radical (unpaired) electrons. The second-order valence-electron chi connectivity index (χ2n) is 7.53. The Morgan fingerprint density at radius 2 is 1.85 bits per heavy atom. The molecule has 0 spiro atoms. The molecule has 0 saturated carbocycles. The third kappa shape index (κ3) is 3.70. The molecule has 2 aromatic carbocycles. The summed E-state index contributed by atoms with van der Waals surface area (Å²) in [5.74, 6) is -0.280. The SMILES string of the molecule is Cc1ccc(N2CCN(C[C@@H](O)c3c[nH]c4ccc(F)cc34)CC2)c(C)c1. The van der Waals surface area contributed by atoms with Crippen molar-refractivity contribution >= 4 is 16.6 Å². The number of rotatable bonds is 4. The Morgan fingerprint density at radius 3 is 2.59 bits per heavy atom. The summed E-state index contributed by atoms with van der Waals surface area (Å²) in [5.41, 5.74) is 5.51. The number of aliphatic hydroxyl groups excluding tert-OH is 1. The van der Waals surface area contributed by atoms with E-state index in [0.717, 1.165) is 42.6 Å². The lowest BCUT2D eigenvalue weighted by atomic mass is 10.1. The third-order valence-corrected chi connectivity index (χ3v) is 5.53. The van der Waals surface area contributed by atoms with Gasteiger partial charge in [-0.1, -0.05) is 17.7 Å². The average molecular weight is 367 g/mol. The summed E-state index contributed by atoms with van der Waals surface area (Å²) in [4.78, 5) is 7.82. The average Bonchev–Trinajstić information content (AvgIpc) is 3.06. The molecule has 5 heteroatoms. The number of hydrogen-bond acceptors (Lipinski definition) is 3. The second kappa shape index (κ2) is 7.33. The van der Waals surface area contributed by atoms with E-state index >= 15 is 0 Å². The molecule has 1 aliphatic heterocycles. The highest BCUT2D eigenvalue weighted by Crippen LogP contribution is 2.27. The summed E-state index contributed by atoms with van der Waals surface area (Å²) in [6.07, 6.45) is 1.16. The summed E-state index contributed by atoms with van der Waals surface area (Å²) >= 11 is 0. The molecule has 27 heavy (non-hydrogen) atoms. The van der Waals surface area contributed by atoms with E-state index in [2.05, 4.69) is 46.8 Å². The Balaban J connectivity index is 1.40. The number of aromatic nitrogens is 1. The number of piperazine rings is 1. The lowest BCUT2D eigenvalue weighted by Crippen LogP contribution is -2.47. The Bertz CT molecular complexity index is 944. The Labute approximate surface area is 159 Å². The first-order valence-electron chi connectivity index (χ1n) is 9.50. The molecule has 1 saturated heterocycles. The predicted molar refractivity (Wildman–Crippen MR) is 108 cm³/mol. The highest BCUT2D eigenvalue weighted by atomic mass is 19.1. The smallest absolute Gasteiger partial charge is 0.123 e. The summed E-state index contributed by atoms with van der Waals surface area (Å²) in [6.45, 7) is 8.53. The van der Waals surface area contributed by atoms with Gasteiger partial charge in [0.15, 0.2) is 0 Å². The fourth-order valence-corrected chi connectivity index (χ4v) is 4.06. The number of aliphatic hydroxyl groups is 1. The van der Waals surface area contributed by atoms with E-state index in [0.29, 0.717) is 6.54 Å². The molecule has 0 bridgehead atoms. The van der Waals surface area contributed by atoms with Crippen molar-refractivity contribution in [2.75, 3.05) is 37.6 Å². The molecule has 2 N–H and O–H groups in total. The van der Waals surface area contributed by atoms with Crippen LogP contribution in [0.2, 0.25) is 0 Å². The van der Waals surface area contributed by atoms with Gasteiger partial charge in [-0.15, -0.1) is 0 Å². The zero-order valence-electron chi connectivity index (χ0n) is 15.9. The number of β-amino-alcohol motifs (C(OH)–C–C–N with tert-alkyl or cyclic N) is 1. The number of halogens is 1. The van der Waals surface area contributed by atoms with Gasteiger partial charge in [-0.2, -0.15) is 0 Å². The zero-order valence-corrected chi connectivity index (χ0v) is 15.9. The molecule has 1 atom stereocenters. The van der Waals surface area contributed by atoms with Crippen molar-refractivity contribution in [3.8, 4) is 0 Å². The van der Waals surface area contributed by atoms with E-state index in [1.165, 1.54) is 28.9 Å². The molecule has 0 unspecified atom stereocenters. The maximum atomic E-state index is 13.6. The summed E-state index contributed by atoms with van der Waals surface area (Å²) in [6, 6.07) is 11.2. The Morgan fingerprint density at radius 1 is 1.07 bits per heavy atom. The number of aryl methyl sites for hydroxylation is 2. The van der Waals surface area contributed by atoms with Crippen LogP contribution in [0.15, 0.2) is 42.6 Å². The molecule has 3 aromatic rings. The van der Waals surface area contributed by atoms with Gasteiger partial charge in [0.05, 0.1) is 6.10 Å². The van der Waals surface area contributed by atoms with Crippen molar-refractivity contribution in [1.29, 1.82) is 0 Å². The minimum Gasteiger partial charge on any atom is -0.387 e. The minimum absolute atomic E-state index is 0.280. The molecular weight excluding hydrogens is 341 g/mol. The standard InChI is InChI=1S/C22H26FN3O/c1-15-3-6-21(16(2)11-15)26-9-7-25(8-10-26)14-22(27)19-13-24-20-5-4-17(23)12-18(19)20/h3-6,11-13,22,24,27H,7-10,14H2,1-2H3/t22-/m1/s1. The predicted octanol–water partition coefficient (Wildman–Crippen LogP) is 3.78. The summed E-state index contributed by atoms with van der Waals surface area (Å²) in [5, 5.41) is 11.5. The van der Waals surface area contributed by atoms with Crippen LogP contribution in [-0.4, -0.2) is 47.7 Å². The van der Waals surface area contributed by atoms with E-state index < -0.39 is 6.10 Å². The van der Waals surface area contributed by atoms with Crippen LogP contribution in [0.1, 0.15) is 22.8 Å². The Hall–Kier alpha value is -2.37. The van der Waals surface area contributed by atoms with Crippen molar-refractivity contribution in [2.24, 2.45) is 0 Å². The molecular formula is C22H26FN3O. The lowest BCUT2D eigenvalue weighted by molar-refractivity contribution is 0.110. The van der Waals surface area contributed by atoms with Crippen LogP contribution in [0.5, 0.6) is 0 Å². The molecule has 0 amide bonds. The van der Waals surface area contributed by atoms with E-state index in [1.807, 2.05) is 0 Å². The molecule has 1 fully saturated rings. The quantitative estimate of drug-likeness (QED) is 0.737. The van der Waals surface area contributed by atoms with Crippen molar-refractivity contribution in [1.82, 2.24) is 9.88 Å². The van der Waals surface area contributed by atoms with Crippen LogP contribution in [0, 0.1) is 19.7 Å². The molecule has 2 heterocycles. The van der Waals surface area contributed by atoms with Gasteiger partial charge >= 0.3 is 0 Å². The van der Waals surface area contributed by atoms with E-state index in [-0.39, 0.29) is 5.82 Å². The van der Waals surface area contributed by atoms with Gasteiger partial charge < -0.3 is 15.0 Å². The Kier molecular flexibility index (Phi) is 4.89. The second-order valence-corrected chi connectivity index (χ2v) is 7.53. The van der Waals surface area contributed by atoms with Crippen LogP contribution in [0.3, 0.4) is 0 Å². The number of nitrogens with zero attached hydrogens (tertiary/aromatic N) is 2. The number of hydrogen-bond donors (Lipinski definition) is 2. The zero-order chi connectivity index (χ0) is 19.0. The van der Waals surface area contributed by atoms with Crippen LogP contribution < -0.4 is 4.90 Å². The van der Waals surface area contributed by atoms with Gasteiger partial charge in [-0.05, 0) is 43.7 Å². The van der Waals surface area contributed by atoms with Crippen LogP contribution in [0.25, 0.3) is 10.9 Å². The number of H-pyrrole nitrogens is 1. The third-order valence-electron chi connectivity index (χ3n) is 5.53. The number of anilines is 1. The highest BCUT2D eigenvalue weighted by Gasteiger charge is 2.22. The first-order chi connectivity index (χ1) is 13.0. The number of aromatic amines is 1.